The Labute approximate surface area is 666 Å². The Bertz CT molecular complexity index is 4440. The van der Waals surface area contributed by atoms with E-state index >= 15 is 0 Å². The molecule has 0 spiro atoms. The molecule has 2 aromatic carbocycles. The van der Waals surface area contributed by atoms with E-state index in [0.29, 0.717) is 41.7 Å². The molecule has 4 aliphatic heterocycles. The summed E-state index contributed by atoms with van der Waals surface area (Å²) in [6.07, 6.45) is 11.7. The Morgan fingerprint density at radius 2 is 0.752 bits per heavy atom. The Kier molecular flexibility index (Phi) is 27.5. The third-order valence-electron chi connectivity index (χ3n) is 22.2. The molecule has 0 saturated heterocycles. The molecule has 0 N–H and O–H groups in total. The maximum absolute atomic E-state index is 14.2. The number of amides is 4. The number of nitrogens with zero attached hydrogens (tertiary/aromatic N) is 2. The normalized spacial score (nSPS) is 17.9. The van der Waals surface area contributed by atoms with Crippen molar-refractivity contribution in [2.75, 3.05) is 9.80 Å². The first-order valence-corrected chi connectivity index (χ1v) is 59.2. The number of anilines is 2. The van der Waals surface area contributed by atoms with Crippen molar-refractivity contribution in [3.8, 4) is 29.3 Å². The number of thiophene rings is 6. The number of hydrogen-bond acceptors (Lipinski definition) is 10. The van der Waals surface area contributed by atoms with Crippen molar-refractivity contribution in [3.63, 3.8) is 0 Å². The van der Waals surface area contributed by atoms with Gasteiger partial charge in [-0.05, 0) is 154 Å². The third kappa shape index (κ3) is 17.2. The van der Waals surface area contributed by atoms with Gasteiger partial charge < -0.3 is 0 Å². The van der Waals surface area contributed by atoms with Gasteiger partial charge >= 0.3 is 226 Å². The fourth-order valence-corrected chi connectivity index (χ4v) is 47.2. The van der Waals surface area contributed by atoms with Gasteiger partial charge in [-0.1, -0.05) is 79.1 Å². The number of rotatable bonds is 28. The van der Waals surface area contributed by atoms with Gasteiger partial charge in [-0.15, -0.1) is 45.3 Å². The van der Waals surface area contributed by atoms with Crippen LogP contribution in [0.2, 0.25) is 39.0 Å². The fraction of sp³-hybridized carbons (Fsp3) is 0.512. The number of alkyl halides is 6. The van der Waals surface area contributed by atoms with Crippen molar-refractivity contribution < 1.29 is 45.5 Å². The minimum Gasteiger partial charge on any atom is -0.268 e. The van der Waals surface area contributed by atoms with Crippen molar-refractivity contribution in [2.45, 2.75) is 244 Å². The van der Waals surface area contributed by atoms with Crippen LogP contribution in [-0.4, -0.2) is 58.2 Å². The van der Waals surface area contributed by atoms with Gasteiger partial charge in [-0.25, -0.2) is 9.80 Å². The van der Waals surface area contributed by atoms with Gasteiger partial charge in [0.1, 0.15) is 8.07 Å². The molecule has 568 valence electrons. The minimum atomic E-state index is -4.59. The second-order valence-electron chi connectivity index (χ2n) is 30.9. The van der Waals surface area contributed by atoms with Crippen molar-refractivity contribution in [3.05, 3.63) is 127 Å². The van der Waals surface area contributed by atoms with Crippen LogP contribution < -0.4 is 33.4 Å². The summed E-state index contributed by atoms with van der Waals surface area (Å²) < 4.78 is 82.9. The number of aryl methyl sites for hydroxylation is 5. The molecule has 4 atom stereocenters. The predicted molar refractivity (Wildman–Crippen MR) is 453 cm³/mol. The molecule has 0 radical (unpaired) electrons. The third-order valence-corrected chi connectivity index (χ3v) is 51.7. The molecule has 0 fully saturated rings. The zero-order valence-electron chi connectivity index (χ0n) is 63.7. The first kappa shape index (κ1) is 84.1. The molecule has 0 saturated carbocycles. The number of fused-ring (bicyclic) bond motifs is 8. The monoisotopic (exact) mass is 1820 g/mol. The number of imide groups is 2. The molecule has 0 bridgehead atoms. The number of hydrogen-bond donors (Lipinski definition) is 0. The number of carbonyl (C=O) groups excluding carboxylic acids is 4. The summed E-state index contributed by atoms with van der Waals surface area (Å²) in [6, 6.07) is 22.5. The molecule has 0 aliphatic carbocycles. The average Bonchev–Trinajstić information content (AvgIpc) is 1.53. The average molecular weight is 1820 g/mol. The number of halogens is 8. The SMILES string of the molecule is CCCCC(CC)C[Si]1(CC(CC)CCCC)c2cc(C)sc2-c2s[c]([Sn]([CH3])([CH3])[CH3])cc21.CCCCC(CC)C[Si]1(CC(CC)CCCC)c2cc(C)sc2-c2sc(-c3sc(C)c4c3C(=O)N(c3cc(C)cc(C(F)(F)F)c3)C4=O)cc21.Cc1cc(N2C(=O)c3c(Br)sc(Br)c3C2=O)cc(C(F)(F)F)c1. The molecule has 10 heterocycles. The van der Waals surface area contributed by atoms with Gasteiger partial charge in [-0.2, -0.15) is 26.3 Å². The van der Waals surface area contributed by atoms with Crippen molar-refractivity contribution in [2.24, 2.45) is 23.7 Å². The van der Waals surface area contributed by atoms with Gasteiger partial charge in [-0.3, -0.25) is 19.2 Å². The molecule has 4 aliphatic rings. The Hall–Kier alpha value is -3.31. The zero-order valence-corrected chi connectivity index (χ0v) is 76.7. The van der Waals surface area contributed by atoms with E-state index in [-0.39, 0.29) is 22.5 Å². The quantitative estimate of drug-likeness (QED) is 0.0278. The fourth-order valence-electron chi connectivity index (χ4n) is 16.6. The summed E-state index contributed by atoms with van der Waals surface area (Å²) in [7, 11) is -3.95. The number of carbonyl (C=O) groups is 4. The smallest absolute Gasteiger partial charge is 0.268 e. The van der Waals surface area contributed by atoms with Crippen LogP contribution in [-0.2, 0) is 12.4 Å². The summed E-state index contributed by atoms with van der Waals surface area (Å²) in [6.45, 7) is 28.4. The van der Waals surface area contributed by atoms with E-state index in [4.69, 9.17) is 0 Å². The molecule has 105 heavy (non-hydrogen) atoms. The van der Waals surface area contributed by atoms with Crippen LogP contribution in [0.4, 0.5) is 37.7 Å². The van der Waals surface area contributed by atoms with Crippen LogP contribution in [0.3, 0.4) is 0 Å². The Morgan fingerprint density at radius 1 is 0.410 bits per heavy atom. The van der Waals surface area contributed by atoms with E-state index in [0.717, 1.165) is 60.5 Å². The number of benzene rings is 2. The van der Waals surface area contributed by atoms with Gasteiger partial charge in [0.2, 0.25) is 0 Å². The van der Waals surface area contributed by atoms with Gasteiger partial charge in [0.15, 0.2) is 0 Å². The van der Waals surface area contributed by atoms with Crippen LogP contribution in [0.15, 0.2) is 68.2 Å². The van der Waals surface area contributed by atoms with Crippen molar-refractivity contribution in [1.82, 2.24) is 0 Å². The molecule has 4 unspecified atom stereocenters. The Morgan fingerprint density at radius 3 is 1.11 bits per heavy atom. The summed E-state index contributed by atoms with van der Waals surface area (Å²) in [4.78, 5) is 74.2. The zero-order chi connectivity index (χ0) is 76.7. The van der Waals surface area contributed by atoms with E-state index < -0.39 is 81.6 Å². The molecule has 23 heteroatoms. The van der Waals surface area contributed by atoms with Gasteiger partial charge in [0.05, 0.1) is 57.2 Å². The second kappa shape index (κ2) is 34.3. The van der Waals surface area contributed by atoms with E-state index in [1.54, 1.807) is 38.1 Å². The van der Waals surface area contributed by atoms with Gasteiger partial charge in [0.25, 0.3) is 23.6 Å². The summed E-state index contributed by atoms with van der Waals surface area (Å²) in [5, 5.41) is 6.88. The molecule has 6 nitrogen and oxygen atoms in total. The molecule has 6 aromatic heterocycles. The number of unbranched alkanes of at least 4 members (excludes halogenated alkanes) is 4. The molecule has 4 amide bonds. The predicted octanol–water partition coefficient (Wildman–Crippen LogP) is 26.3. The van der Waals surface area contributed by atoms with Crippen molar-refractivity contribution >= 4 is 193 Å². The summed E-state index contributed by atoms with van der Waals surface area (Å²) >= 11 is 15.0. The first-order valence-electron chi connectivity index (χ1n) is 37.9. The van der Waals surface area contributed by atoms with Crippen LogP contribution >= 0.6 is 99.9 Å². The van der Waals surface area contributed by atoms with E-state index in [1.165, 1.54) is 188 Å². The minimum absolute atomic E-state index is 0.0342. The summed E-state index contributed by atoms with van der Waals surface area (Å²) in [5.74, 6) is 0.765. The molecular formula is C82H102Br2F6N2O4S6Si2Sn. The maximum Gasteiger partial charge on any atom is 0.416 e. The molecule has 12 rings (SSSR count). The standard InChI is InChI=1S/C40H48F3NO2S3Si.C25H39S2Si.C14H6Br2F3NO2S.3CH3.Sn/c1-8-12-14-26(10-3)21-50(22-27(11-4)15-13-9-2)31-18-24(6)47-36(31)37-32(50)20-30(49-37)35-34-33(25(7)48-35)38(45)44(39(34)46)29-17-23(5)16-28(19-29)40(41,42)43;1-6-10-12-20(8-3)17-28(18-21(9-4)13-11-7-2)22-14-15-26-24(22)25-23(28)16-19(5)27-25;1-5-2-6(14(17,18)19)4-7(3-5)20-12(21)8-9(13(20)22)11(16)23-10(8)15;;;;/h16-20,26-27H,8-15,21-22H2,1-7H3;14,16,20-21H,6-13,17-18H2,1-5H3;2-4H,1H3;3*1H3;. The van der Waals surface area contributed by atoms with Gasteiger partial charge in [0, 0.05) is 24.4 Å². The Balaban J connectivity index is 0.000000184. The molecular weight excluding hydrogens is 1720 g/mol. The largest absolute Gasteiger partial charge is 0.416 e. The van der Waals surface area contributed by atoms with Crippen LogP contribution in [0.1, 0.15) is 236 Å². The van der Waals surface area contributed by atoms with Crippen LogP contribution in [0.5, 0.6) is 0 Å². The van der Waals surface area contributed by atoms with Crippen LogP contribution in [0, 0.1) is 58.3 Å². The topological polar surface area (TPSA) is 74.8 Å². The van der Waals surface area contributed by atoms with Crippen molar-refractivity contribution in [1.29, 1.82) is 0 Å². The maximum atomic E-state index is 14.2. The second-order valence-corrected chi connectivity index (χ2v) is 64.0. The summed E-state index contributed by atoms with van der Waals surface area (Å²) in [5.41, 5.74) is -0.246. The van der Waals surface area contributed by atoms with E-state index in [2.05, 4.69) is 163 Å². The first-order chi connectivity index (χ1) is 49.6. The van der Waals surface area contributed by atoms with Crippen LogP contribution in [0.25, 0.3) is 29.3 Å². The van der Waals surface area contributed by atoms with E-state index in [9.17, 15) is 45.5 Å². The van der Waals surface area contributed by atoms with E-state index in [1.807, 2.05) is 31.5 Å². The molecule has 8 aromatic rings.